The van der Waals surface area contributed by atoms with E-state index in [2.05, 4.69) is 11.1 Å². The van der Waals surface area contributed by atoms with Crippen LogP contribution in [0, 0.1) is 0 Å². The lowest BCUT2D eigenvalue weighted by Gasteiger charge is -2.40. The number of ether oxygens (including phenoxy) is 1. The summed E-state index contributed by atoms with van der Waals surface area (Å²) in [7, 11) is 0. The van der Waals surface area contributed by atoms with Crippen molar-refractivity contribution in [3.63, 3.8) is 0 Å². The van der Waals surface area contributed by atoms with Crippen molar-refractivity contribution in [1.29, 1.82) is 0 Å². The van der Waals surface area contributed by atoms with Gasteiger partial charge in [-0.1, -0.05) is 42.5 Å². The number of fused-ring (bicyclic) bond motifs is 1. The van der Waals surface area contributed by atoms with Gasteiger partial charge in [0, 0.05) is 37.6 Å². The number of carbonyl (C=O) groups excluding carboxylic acids is 2. The predicted molar refractivity (Wildman–Crippen MR) is 128 cm³/mol. The highest BCUT2D eigenvalue weighted by Crippen LogP contribution is 2.27. The Morgan fingerprint density at radius 1 is 1.19 bits per heavy atom. The topological polar surface area (TPSA) is 54.8 Å². The van der Waals surface area contributed by atoms with Gasteiger partial charge in [0.05, 0.1) is 6.61 Å². The van der Waals surface area contributed by atoms with E-state index in [0.717, 1.165) is 21.4 Å². The number of hydrogen-bond acceptors (Lipinski definition) is 4. The molecule has 1 aliphatic rings. The molecule has 1 aliphatic heterocycles. The van der Waals surface area contributed by atoms with Crippen molar-refractivity contribution in [1.82, 2.24) is 14.4 Å². The third-order valence-corrected chi connectivity index (χ3v) is 6.67. The average Bonchev–Trinajstić information content (AvgIpc) is 3.36. The molecule has 0 spiro atoms. The van der Waals surface area contributed by atoms with Gasteiger partial charge >= 0.3 is 0 Å². The van der Waals surface area contributed by atoms with Crippen molar-refractivity contribution in [2.75, 3.05) is 26.2 Å². The minimum Gasteiger partial charge on any atom is -0.367 e. The molecule has 0 bridgehead atoms. The van der Waals surface area contributed by atoms with Gasteiger partial charge in [-0.2, -0.15) is 0 Å². The Balaban J connectivity index is 1.37. The van der Waals surface area contributed by atoms with Crippen LogP contribution in [-0.4, -0.2) is 58.5 Å². The zero-order chi connectivity index (χ0) is 22.7. The maximum absolute atomic E-state index is 13.4. The van der Waals surface area contributed by atoms with Crippen LogP contribution in [-0.2, 0) is 22.7 Å². The van der Waals surface area contributed by atoms with Gasteiger partial charge in [0.1, 0.15) is 17.1 Å². The number of amides is 2. The van der Waals surface area contributed by atoms with Crippen LogP contribution in [0.5, 0.6) is 0 Å². The summed E-state index contributed by atoms with van der Waals surface area (Å²) in [6, 6.07) is 13.8. The van der Waals surface area contributed by atoms with Crippen molar-refractivity contribution >= 4 is 33.4 Å². The van der Waals surface area contributed by atoms with E-state index < -0.39 is 0 Å². The number of aromatic nitrogens is 1. The van der Waals surface area contributed by atoms with Crippen LogP contribution >= 0.6 is 11.3 Å². The lowest BCUT2D eigenvalue weighted by atomic mass is 10.1. The summed E-state index contributed by atoms with van der Waals surface area (Å²) in [5.74, 6) is -0.0272. The van der Waals surface area contributed by atoms with Crippen LogP contribution in [0.3, 0.4) is 0 Å². The van der Waals surface area contributed by atoms with Gasteiger partial charge in [0.25, 0.3) is 5.91 Å². The van der Waals surface area contributed by atoms with Crippen LogP contribution in [0.1, 0.15) is 29.9 Å². The van der Waals surface area contributed by atoms with Gasteiger partial charge in [-0.15, -0.1) is 11.3 Å². The number of hydrogen-bond donors (Lipinski definition) is 0. The number of benzene rings is 1. The maximum atomic E-state index is 13.4. The van der Waals surface area contributed by atoms with Gasteiger partial charge in [0.2, 0.25) is 5.91 Å². The van der Waals surface area contributed by atoms with Crippen molar-refractivity contribution in [3.8, 4) is 0 Å². The summed E-state index contributed by atoms with van der Waals surface area (Å²) in [6.07, 6.45) is 0. The lowest BCUT2D eigenvalue weighted by molar-refractivity contribution is -0.140. The fraction of sp³-hybridized carbons (Fsp3) is 0.360. The molecule has 32 heavy (non-hydrogen) atoms. The van der Waals surface area contributed by atoms with Gasteiger partial charge in [-0.3, -0.25) is 9.59 Å². The van der Waals surface area contributed by atoms with Crippen LogP contribution in [0.25, 0.3) is 10.2 Å². The molecule has 7 heteroatoms. The number of rotatable bonds is 7. The van der Waals surface area contributed by atoms with Crippen LogP contribution < -0.4 is 0 Å². The number of allylic oxidation sites excluding steroid dienone is 1. The summed E-state index contributed by atoms with van der Waals surface area (Å²) in [6.45, 7) is 10.6. The highest BCUT2D eigenvalue weighted by molar-refractivity contribution is 7.16. The molecule has 1 atom stereocenters. The third kappa shape index (κ3) is 4.79. The Morgan fingerprint density at radius 2 is 1.97 bits per heavy atom. The van der Waals surface area contributed by atoms with E-state index in [4.69, 9.17) is 4.74 Å². The van der Waals surface area contributed by atoms with Crippen molar-refractivity contribution < 1.29 is 14.3 Å². The Morgan fingerprint density at radius 3 is 2.69 bits per heavy atom. The third-order valence-electron chi connectivity index (χ3n) is 5.72. The van der Waals surface area contributed by atoms with Crippen LogP contribution in [0.2, 0.25) is 0 Å². The van der Waals surface area contributed by atoms with E-state index >= 15 is 0 Å². The molecule has 1 unspecified atom stereocenters. The second kappa shape index (κ2) is 9.71. The summed E-state index contributed by atoms with van der Waals surface area (Å²) in [5, 5.41) is 3.12. The lowest BCUT2D eigenvalue weighted by Crippen LogP contribution is -2.56. The summed E-state index contributed by atoms with van der Waals surface area (Å²) in [4.78, 5) is 30.8. The Bertz CT molecular complexity index is 1120. The average molecular weight is 452 g/mol. The predicted octanol–water partition coefficient (Wildman–Crippen LogP) is 4.17. The second-order valence-corrected chi connectivity index (χ2v) is 9.31. The Kier molecular flexibility index (Phi) is 6.77. The molecule has 4 rings (SSSR count). The molecule has 168 valence electrons. The van der Waals surface area contributed by atoms with Gasteiger partial charge < -0.3 is 19.1 Å². The zero-order valence-electron chi connectivity index (χ0n) is 18.6. The van der Waals surface area contributed by atoms with E-state index in [9.17, 15) is 9.59 Å². The molecule has 0 saturated carbocycles. The highest BCUT2D eigenvalue weighted by Gasteiger charge is 2.31. The van der Waals surface area contributed by atoms with E-state index in [1.165, 1.54) is 0 Å². The molecular weight excluding hydrogens is 422 g/mol. The highest BCUT2D eigenvalue weighted by atomic mass is 32.1. The molecule has 1 aromatic carbocycles. The molecular formula is C25H29N3O3S. The monoisotopic (exact) mass is 451 g/mol. The molecule has 3 heterocycles. The fourth-order valence-corrected chi connectivity index (χ4v) is 5.06. The minimum absolute atomic E-state index is 0.00827. The number of piperazine rings is 1. The maximum Gasteiger partial charge on any atom is 0.270 e. The Labute approximate surface area is 192 Å². The molecule has 1 fully saturated rings. The molecule has 2 aromatic heterocycles. The standard InChI is InChI=1S/C25H29N3O3S/c1-18(2)14-28-22(13-21-9-12-32-25(21)28)24(30)26-10-11-27(19(3)15-26)23(29)17-31-16-20-7-5-4-6-8-20/h4-9,12-13,19H,1,10-11,14-17H2,2-3H3. The first-order chi connectivity index (χ1) is 15.4. The van der Waals surface area contributed by atoms with E-state index in [-0.39, 0.29) is 24.5 Å². The molecule has 1 saturated heterocycles. The van der Waals surface area contributed by atoms with Gasteiger partial charge in [0.15, 0.2) is 0 Å². The first-order valence-electron chi connectivity index (χ1n) is 10.9. The van der Waals surface area contributed by atoms with E-state index in [1.54, 1.807) is 11.3 Å². The van der Waals surface area contributed by atoms with E-state index in [0.29, 0.717) is 38.5 Å². The van der Waals surface area contributed by atoms with Crippen LogP contribution in [0.15, 0.2) is 60.0 Å². The number of thiophene rings is 1. The molecule has 0 aliphatic carbocycles. The first-order valence-corrected chi connectivity index (χ1v) is 11.7. The smallest absolute Gasteiger partial charge is 0.270 e. The first kappa shape index (κ1) is 22.3. The number of carbonyl (C=O) groups is 2. The molecule has 0 N–H and O–H groups in total. The Hall–Kier alpha value is -2.90. The van der Waals surface area contributed by atoms with Crippen molar-refractivity contribution in [2.45, 2.75) is 33.0 Å². The second-order valence-electron chi connectivity index (χ2n) is 8.42. The quantitative estimate of drug-likeness (QED) is 0.507. The normalized spacial score (nSPS) is 16.5. The molecule has 0 radical (unpaired) electrons. The molecule has 6 nitrogen and oxygen atoms in total. The van der Waals surface area contributed by atoms with Crippen molar-refractivity contribution in [3.05, 3.63) is 71.3 Å². The largest absolute Gasteiger partial charge is 0.367 e. The van der Waals surface area contributed by atoms with E-state index in [1.807, 2.05) is 71.5 Å². The fourth-order valence-electron chi connectivity index (χ4n) is 4.17. The zero-order valence-corrected chi connectivity index (χ0v) is 19.4. The molecule has 2 amide bonds. The summed E-state index contributed by atoms with van der Waals surface area (Å²) >= 11 is 1.64. The summed E-state index contributed by atoms with van der Waals surface area (Å²) in [5.41, 5.74) is 2.73. The van der Waals surface area contributed by atoms with Crippen molar-refractivity contribution in [2.24, 2.45) is 0 Å². The SMILES string of the molecule is C=C(C)Cn1c(C(=O)N2CCN(C(=O)COCc3ccccc3)C(C)C2)cc2ccsc21. The minimum atomic E-state index is -0.0637. The van der Waals surface area contributed by atoms with Crippen LogP contribution in [0.4, 0.5) is 0 Å². The van der Waals surface area contributed by atoms with Gasteiger partial charge in [-0.25, -0.2) is 0 Å². The molecule has 3 aromatic rings. The number of nitrogens with zero attached hydrogens (tertiary/aromatic N) is 3. The van der Waals surface area contributed by atoms with Gasteiger partial charge in [-0.05, 0) is 36.9 Å². The summed E-state index contributed by atoms with van der Waals surface area (Å²) < 4.78 is 7.68.